The maximum absolute atomic E-state index is 6.70. The zero-order valence-corrected chi connectivity index (χ0v) is 26.2. The number of rotatable bonds is 5. The smallest absolute Gasteiger partial charge is 0.192 e. The zero-order valence-electron chi connectivity index (χ0n) is 26.2. The molecule has 0 spiro atoms. The molecule has 6 nitrogen and oxygen atoms in total. The first-order chi connectivity index (χ1) is 23.2. The summed E-state index contributed by atoms with van der Waals surface area (Å²) < 4.78 is 9.06. The molecule has 2 aliphatic heterocycles. The van der Waals surface area contributed by atoms with E-state index in [9.17, 15) is 0 Å². The van der Waals surface area contributed by atoms with Crippen LogP contribution in [0.3, 0.4) is 0 Å². The fourth-order valence-corrected chi connectivity index (χ4v) is 7.30. The summed E-state index contributed by atoms with van der Waals surface area (Å²) in [6.07, 6.45) is 8.21. The fourth-order valence-electron chi connectivity index (χ4n) is 7.30. The molecule has 0 fully saturated rings. The van der Waals surface area contributed by atoms with Crippen molar-refractivity contribution in [2.24, 2.45) is 4.99 Å². The summed E-state index contributed by atoms with van der Waals surface area (Å²) in [7, 11) is 2.12. The van der Waals surface area contributed by atoms with Crippen LogP contribution in [0.1, 0.15) is 41.9 Å². The van der Waals surface area contributed by atoms with E-state index in [-0.39, 0.29) is 18.6 Å². The van der Waals surface area contributed by atoms with Crippen LogP contribution >= 0.6 is 0 Å². The van der Waals surface area contributed by atoms with Crippen LogP contribution in [0.25, 0.3) is 27.5 Å². The molecule has 0 bridgehead atoms. The number of amidine groups is 1. The van der Waals surface area contributed by atoms with Gasteiger partial charge in [0.1, 0.15) is 18.2 Å². The van der Waals surface area contributed by atoms with E-state index < -0.39 is 0 Å². The van der Waals surface area contributed by atoms with Crippen LogP contribution < -0.4 is 15.4 Å². The lowest BCUT2D eigenvalue weighted by Crippen LogP contribution is -2.46. The number of benzene rings is 5. The molecular formula is C41H35N5O. The molecule has 6 heteroatoms. The summed E-state index contributed by atoms with van der Waals surface area (Å²) in [5.74, 6) is 1.87. The third-order valence-electron chi connectivity index (χ3n) is 9.58. The fraction of sp³-hybridized carbons (Fsp3) is 0.146. The topological polar surface area (TPSA) is 53.8 Å². The molecular weight excluding hydrogens is 578 g/mol. The first-order valence-corrected chi connectivity index (χ1v) is 16.4. The van der Waals surface area contributed by atoms with Gasteiger partial charge in [0.2, 0.25) is 0 Å². The molecule has 230 valence electrons. The van der Waals surface area contributed by atoms with Crippen LogP contribution in [0.5, 0.6) is 5.75 Å². The Morgan fingerprint density at radius 1 is 0.787 bits per heavy atom. The van der Waals surface area contributed by atoms with Gasteiger partial charge in [-0.15, -0.1) is 0 Å². The Hall–Kier alpha value is -5.59. The first kappa shape index (κ1) is 27.7. The Labute approximate surface area is 274 Å². The molecule has 0 saturated heterocycles. The zero-order chi connectivity index (χ0) is 31.3. The molecule has 3 atom stereocenters. The number of nitrogens with zero attached hydrogens (tertiary/aromatic N) is 3. The minimum Gasteiger partial charge on any atom is -0.464 e. The molecule has 2 N–H and O–H groups in total. The average Bonchev–Trinajstić information content (AvgIpc) is 3.72. The first-order valence-electron chi connectivity index (χ1n) is 16.4. The van der Waals surface area contributed by atoms with E-state index in [2.05, 4.69) is 161 Å². The number of nitrogens with one attached hydrogen (secondary N) is 2. The van der Waals surface area contributed by atoms with E-state index in [1.54, 1.807) is 0 Å². The SMILES string of the molecule is CN1C(c2cccc(-n3c4ccccc4c4c5c(ccc43)NC(C3=CC=CCC3)O5)c2)=NC(c2ccccc2)NC1c1ccccc1. The molecule has 3 aliphatic rings. The lowest BCUT2D eigenvalue weighted by atomic mass is 10.0. The van der Waals surface area contributed by atoms with Crippen molar-refractivity contribution in [3.8, 4) is 11.4 Å². The van der Waals surface area contributed by atoms with Gasteiger partial charge in [-0.25, -0.2) is 4.99 Å². The third kappa shape index (κ3) is 4.72. The standard InChI is InChI=1S/C41H35N5O/c1-45-39(28-16-7-3-8-17-28)43-38(27-14-5-2-6-15-27)44-40(45)30-20-13-21-31(26-30)46-34-23-12-11-22-32(34)36-35(46)25-24-33-37(36)47-41(42-33)29-18-9-4-10-19-29/h2-9,11-18,20-26,38-39,41-43H,10,19H2,1H3. The normalized spacial score (nSPS) is 20.4. The van der Waals surface area contributed by atoms with Crippen molar-refractivity contribution < 1.29 is 4.74 Å². The molecule has 1 aliphatic carbocycles. The maximum atomic E-state index is 6.70. The minimum atomic E-state index is -0.181. The summed E-state index contributed by atoms with van der Waals surface area (Å²) in [4.78, 5) is 7.56. The largest absolute Gasteiger partial charge is 0.464 e. The number of hydrogen-bond acceptors (Lipinski definition) is 5. The van der Waals surface area contributed by atoms with E-state index in [0.29, 0.717) is 0 Å². The second-order valence-electron chi connectivity index (χ2n) is 12.4. The van der Waals surface area contributed by atoms with Crippen molar-refractivity contribution in [2.75, 3.05) is 12.4 Å². The highest BCUT2D eigenvalue weighted by Crippen LogP contribution is 2.46. The number of para-hydroxylation sites is 1. The predicted octanol–water partition coefficient (Wildman–Crippen LogP) is 8.87. The number of ether oxygens (including phenoxy) is 1. The molecule has 0 amide bonds. The van der Waals surface area contributed by atoms with Gasteiger partial charge in [-0.1, -0.05) is 109 Å². The second kappa shape index (κ2) is 11.3. The van der Waals surface area contributed by atoms with Gasteiger partial charge < -0.3 is 19.5 Å². The number of allylic oxidation sites excluding steroid dienone is 3. The third-order valence-corrected chi connectivity index (χ3v) is 9.58. The second-order valence-corrected chi connectivity index (χ2v) is 12.4. The van der Waals surface area contributed by atoms with Crippen molar-refractivity contribution >= 4 is 33.3 Å². The Morgan fingerprint density at radius 3 is 2.38 bits per heavy atom. The molecule has 0 radical (unpaired) electrons. The molecule has 9 rings (SSSR count). The Kier molecular flexibility index (Phi) is 6.68. The van der Waals surface area contributed by atoms with Gasteiger partial charge in [0.25, 0.3) is 0 Å². The van der Waals surface area contributed by atoms with Crippen molar-refractivity contribution in [2.45, 2.75) is 31.4 Å². The number of aromatic nitrogens is 1. The van der Waals surface area contributed by atoms with E-state index in [1.807, 2.05) is 6.07 Å². The molecule has 1 aromatic heterocycles. The van der Waals surface area contributed by atoms with E-state index in [1.165, 1.54) is 16.5 Å². The minimum absolute atomic E-state index is 0.0410. The predicted molar refractivity (Wildman–Crippen MR) is 191 cm³/mol. The molecule has 6 aromatic rings. The van der Waals surface area contributed by atoms with Gasteiger partial charge in [-0.2, -0.15) is 0 Å². The van der Waals surface area contributed by atoms with Crippen molar-refractivity contribution in [3.63, 3.8) is 0 Å². The van der Waals surface area contributed by atoms with Gasteiger partial charge in [0, 0.05) is 23.7 Å². The Balaban J connectivity index is 1.17. The highest BCUT2D eigenvalue weighted by Gasteiger charge is 2.32. The summed E-state index contributed by atoms with van der Waals surface area (Å²) >= 11 is 0. The van der Waals surface area contributed by atoms with Gasteiger partial charge in [-0.05, 0) is 59.9 Å². The van der Waals surface area contributed by atoms with Crippen LogP contribution in [-0.4, -0.2) is 28.6 Å². The number of fused-ring (bicyclic) bond motifs is 5. The summed E-state index contributed by atoms with van der Waals surface area (Å²) in [5.41, 5.74) is 9.06. The Morgan fingerprint density at radius 2 is 1.57 bits per heavy atom. The van der Waals surface area contributed by atoms with Gasteiger partial charge in [-0.3, -0.25) is 5.32 Å². The molecule has 5 aromatic carbocycles. The summed E-state index contributed by atoms with van der Waals surface area (Å²) in [5, 5.41) is 9.73. The lowest BCUT2D eigenvalue weighted by Gasteiger charge is -2.39. The number of hydrogen-bond donors (Lipinski definition) is 2. The van der Waals surface area contributed by atoms with Crippen LogP contribution in [0.2, 0.25) is 0 Å². The number of aliphatic imine (C=N–C) groups is 1. The summed E-state index contributed by atoms with van der Waals surface area (Å²) in [6, 6.07) is 42.9. The van der Waals surface area contributed by atoms with E-state index >= 15 is 0 Å². The monoisotopic (exact) mass is 613 g/mol. The van der Waals surface area contributed by atoms with Gasteiger partial charge >= 0.3 is 0 Å². The lowest BCUT2D eigenvalue weighted by molar-refractivity contribution is 0.257. The van der Waals surface area contributed by atoms with Gasteiger partial charge in [0.15, 0.2) is 12.0 Å². The average molecular weight is 614 g/mol. The summed E-state index contributed by atoms with van der Waals surface area (Å²) in [6.45, 7) is 0. The van der Waals surface area contributed by atoms with Crippen LogP contribution in [0, 0.1) is 0 Å². The van der Waals surface area contributed by atoms with Crippen molar-refractivity contribution in [1.82, 2.24) is 14.8 Å². The van der Waals surface area contributed by atoms with Crippen LogP contribution in [-0.2, 0) is 0 Å². The highest BCUT2D eigenvalue weighted by molar-refractivity contribution is 6.14. The molecule has 0 saturated carbocycles. The highest BCUT2D eigenvalue weighted by atomic mass is 16.5. The Bertz CT molecular complexity index is 2220. The quantitative estimate of drug-likeness (QED) is 0.204. The maximum Gasteiger partial charge on any atom is 0.192 e. The van der Waals surface area contributed by atoms with E-state index in [4.69, 9.17) is 9.73 Å². The number of anilines is 1. The van der Waals surface area contributed by atoms with Crippen LogP contribution in [0.4, 0.5) is 5.69 Å². The molecule has 47 heavy (non-hydrogen) atoms. The van der Waals surface area contributed by atoms with E-state index in [0.717, 1.165) is 63.3 Å². The van der Waals surface area contributed by atoms with Crippen molar-refractivity contribution in [3.05, 3.63) is 162 Å². The molecule has 3 heterocycles. The van der Waals surface area contributed by atoms with Crippen LogP contribution in [0.15, 0.2) is 150 Å². The molecule has 3 unspecified atom stereocenters. The van der Waals surface area contributed by atoms with Crippen molar-refractivity contribution in [1.29, 1.82) is 0 Å². The van der Waals surface area contributed by atoms with Gasteiger partial charge in [0.05, 0.1) is 22.1 Å².